The van der Waals surface area contributed by atoms with Crippen LogP contribution in [0.15, 0.2) is 54.6 Å². The molecule has 1 N–H and O–H groups in total. The lowest BCUT2D eigenvalue weighted by molar-refractivity contribution is -0.139. The molecule has 0 aliphatic carbocycles. The molecule has 0 radical (unpaired) electrons. The van der Waals surface area contributed by atoms with Crippen molar-refractivity contribution in [2.75, 3.05) is 30.8 Å². The number of nitrogens with zero attached hydrogens (tertiary/aromatic N) is 2. The highest BCUT2D eigenvalue weighted by atomic mass is 32.2. The summed E-state index contributed by atoms with van der Waals surface area (Å²) in [5, 5.41) is 2.80. The maximum absolute atomic E-state index is 13.4. The van der Waals surface area contributed by atoms with Crippen LogP contribution in [0.25, 0.3) is 0 Å². The molecule has 0 aliphatic heterocycles. The van der Waals surface area contributed by atoms with Crippen LogP contribution in [-0.4, -0.2) is 57.6 Å². The summed E-state index contributed by atoms with van der Waals surface area (Å²) in [6.45, 7) is 3.78. The molecule has 32 heavy (non-hydrogen) atoms. The zero-order chi connectivity index (χ0) is 23.7. The van der Waals surface area contributed by atoms with E-state index in [0.717, 1.165) is 22.5 Å². The van der Waals surface area contributed by atoms with Crippen LogP contribution >= 0.6 is 0 Å². The van der Waals surface area contributed by atoms with Crippen molar-refractivity contribution in [1.82, 2.24) is 10.2 Å². The number of para-hydroxylation sites is 2. The van der Waals surface area contributed by atoms with Gasteiger partial charge in [0.2, 0.25) is 21.8 Å². The lowest BCUT2D eigenvalue weighted by Crippen LogP contribution is -2.51. The summed E-state index contributed by atoms with van der Waals surface area (Å²) in [5.74, 6) is -0.460. The topological polar surface area (TPSA) is 96.0 Å². The summed E-state index contributed by atoms with van der Waals surface area (Å²) in [6, 6.07) is 15.1. The van der Waals surface area contributed by atoms with E-state index in [4.69, 9.17) is 4.74 Å². The molecule has 0 bridgehead atoms. The van der Waals surface area contributed by atoms with Gasteiger partial charge in [0.25, 0.3) is 0 Å². The molecule has 0 fully saturated rings. The molecule has 174 valence electrons. The highest BCUT2D eigenvalue weighted by molar-refractivity contribution is 7.92. The molecular weight excluding hydrogens is 430 g/mol. The second kappa shape index (κ2) is 11.5. The molecule has 9 heteroatoms. The molecule has 1 atom stereocenters. The van der Waals surface area contributed by atoms with Gasteiger partial charge in [-0.05, 0) is 31.0 Å². The van der Waals surface area contributed by atoms with Crippen molar-refractivity contribution in [2.24, 2.45) is 0 Å². The number of rotatable bonds is 11. The largest absolute Gasteiger partial charge is 0.495 e. The number of ether oxygens (including phenoxy) is 1. The van der Waals surface area contributed by atoms with Gasteiger partial charge in [0.05, 0.1) is 19.1 Å². The van der Waals surface area contributed by atoms with Crippen LogP contribution in [0, 0.1) is 0 Å². The smallest absolute Gasteiger partial charge is 0.244 e. The van der Waals surface area contributed by atoms with E-state index >= 15 is 0 Å². The number of hydrogen-bond acceptors (Lipinski definition) is 5. The first kappa shape index (κ1) is 25.2. The van der Waals surface area contributed by atoms with Gasteiger partial charge < -0.3 is 15.0 Å². The lowest BCUT2D eigenvalue weighted by atomic mass is 10.1. The Morgan fingerprint density at radius 3 is 2.28 bits per heavy atom. The molecule has 2 amide bonds. The van der Waals surface area contributed by atoms with Gasteiger partial charge in [0.1, 0.15) is 18.3 Å². The SMILES string of the molecule is CCCNC(=O)C(C)N(Cc1ccccc1)C(=O)CN(c1ccccc1OC)S(C)(=O)=O. The van der Waals surface area contributed by atoms with E-state index in [-0.39, 0.29) is 18.1 Å². The summed E-state index contributed by atoms with van der Waals surface area (Å²) in [6.07, 6.45) is 1.80. The number of sulfonamides is 1. The van der Waals surface area contributed by atoms with Crippen molar-refractivity contribution in [3.63, 3.8) is 0 Å². The molecular formula is C23H31N3O5S. The quantitative estimate of drug-likeness (QED) is 0.554. The summed E-state index contributed by atoms with van der Waals surface area (Å²) in [4.78, 5) is 27.4. The first-order valence-electron chi connectivity index (χ1n) is 10.4. The van der Waals surface area contributed by atoms with Gasteiger partial charge >= 0.3 is 0 Å². The Morgan fingerprint density at radius 1 is 1.06 bits per heavy atom. The van der Waals surface area contributed by atoms with Crippen molar-refractivity contribution in [3.05, 3.63) is 60.2 Å². The Kier molecular flexibility index (Phi) is 9.07. The minimum absolute atomic E-state index is 0.171. The standard InChI is InChI=1S/C23H31N3O5S/c1-5-15-24-23(28)18(2)25(16-19-11-7-6-8-12-19)22(27)17-26(32(4,29)30)20-13-9-10-14-21(20)31-3/h6-14,18H,5,15-17H2,1-4H3,(H,24,28). The van der Waals surface area contributed by atoms with Gasteiger partial charge in [-0.25, -0.2) is 8.42 Å². The van der Waals surface area contributed by atoms with Gasteiger partial charge in [-0.2, -0.15) is 0 Å². The van der Waals surface area contributed by atoms with E-state index < -0.39 is 28.5 Å². The van der Waals surface area contributed by atoms with Crippen molar-refractivity contribution in [3.8, 4) is 5.75 Å². The molecule has 0 saturated carbocycles. The molecule has 0 aromatic heterocycles. The molecule has 0 spiro atoms. The van der Waals surface area contributed by atoms with E-state index in [9.17, 15) is 18.0 Å². The number of nitrogens with one attached hydrogen (secondary N) is 1. The van der Waals surface area contributed by atoms with Crippen molar-refractivity contribution >= 4 is 27.5 Å². The van der Waals surface area contributed by atoms with Crippen molar-refractivity contribution in [1.29, 1.82) is 0 Å². The minimum atomic E-state index is -3.81. The lowest BCUT2D eigenvalue weighted by Gasteiger charge is -2.31. The molecule has 2 aromatic carbocycles. The normalized spacial score (nSPS) is 12.0. The predicted molar refractivity (Wildman–Crippen MR) is 125 cm³/mol. The fourth-order valence-corrected chi connectivity index (χ4v) is 4.04. The Hall–Kier alpha value is -3.07. The zero-order valence-electron chi connectivity index (χ0n) is 18.9. The number of hydrogen-bond donors (Lipinski definition) is 1. The Bertz CT molecular complexity index is 1010. The van der Waals surface area contributed by atoms with E-state index in [0.29, 0.717) is 12.3 Å². The first-order valence-corrected chi connectivity index (χ1v) is 12.3. The second-order valence-corrected chi connectivity index (χ2v) is 9.32. The maximum atomic E-state index is 13.4. The zero-order valence-corrected chi connectivity index (χ0v) is 19.8. The average Bonchev–Trinajstić information content (AvgIpc) is 2.78. The molecule has 2 aromatic rings. The first-order chi connectivity index (χ1) is 15.2. The van der Waals surface area contributed by atoms with E-state index in [2.05, 4.69) is 5.32 Å². The highest BCUT2D eigenvalue weighted by Gasteiger charge is 2.30. The van der Waals surface area contributed by atoms with Crippen molar-refractivity contribution in [2.45, 2.75) is 32.9 Å². The molecule has 1 unspecified atom stereocenters. The second-order valence-electron chi connectivity index (χ2n) is 7.42. The highest BCUT2D eigenvalue weighted by Crippen LogP contribution is 2.29. The summed E-state index contributed by atoms with van der Waals surface area (Å²) in [7, 11) is -2.37. The van der Waals surface area contributed by atoms with Gasteiger partial charge in [-0.15, -0.1) is 0 Å². The molecule has 0 aliphatic rings. The number of anilines is 1. The molecule has 2 rings (SSSR count). The third-order valence-corrected chi connectivity index (χ3v) is 6.07. The van der Waals surface area contributed by atoms with Gasteiger partial charge in [0.15, 0.2) is 0 Å². The fourth-order valence-electron chi connectivity index (χ4n) is 3.19. The summed E-state index contributed by atoms with van der Waals surface area (Å²) < 4.78 is 31.5. The Morgan fingerprint density at radius 2 is 1.69 bits per heavy atom. The van der Waals surface area contributed by atoms with E-state index in [1.807, 2.05) is 37.3 Å². The third kappa shape index (κ3) is 6.71. The maximum Gasteiger partial charge on any atom is 0.244 e. The van der Waals surface area contributed by atoms with Gasteiger partial charge in [-0.3, -0.25) is 13.9 Å². The van der Waals surface area contributed by atoms with Gasteiger partial charge in [0, 0.05) is 13.1 Å². The minimum Gasteiger partial charge on any atom is -0.495 e. The van der Waals surface area contributed by atoms with Crippen LogP contribution in [0.5, 0.6) is 5.75 Å². The number of benzene rings is 2. The van der Waals surface area contributed by atoms with Crippen LogP contribution in [0.4, 0.5) is 5.69 Å². The van der Waals surface area contributed by atoms with Crippen LogP contribution < -0.4 is 14.4 Å². The number of carbonyl (C=O) groups excluding carboxylic acids is 2. The third-order valence-electron chi connectivity index (χ3n) is 4.95. The fraction of sp³-hybridized carbons (Fsp3) is 0.391. The predicted octanol–water partition coefficient (Wildman–Crippen LogP) is 2.40. The van der Waals surface area contributed by atoms with Crippen LogP contribution in [0.3, 0.4) is 0 Å². The van der Waals surface area contributed by atoms with Crippen LogP contribution in [0.1, 0.15) is 25.8 Å². The molecule has 0 heterocycles. The molecule has 8 nitrogen and oxygen atoms in total. The number of methoxy groups -OCH3 is 1. The summed E-state index contributed by atoms with van der Waals surface area (Å²) >= 11 is 0. The number of carbonyl (C=O) groups is 2. The van der Waals surface area contributed by atoms with Crippen molar-refractivity contribution < 1.29 is 22.7 Å². The number of amides is 2. The molecule has 0 saturated heterocycles. The van der Waals surface area contributed by atoms with Gasteiger partial charge in [-0.1, -0.05) is 49.4 Å². The van der Waals surface area contributed by atoms with E-state index in [1.165, 1.54) is 12.0 Å². The Balaban J connectivity index is 2.38. The van der Waals surface area contributed by atoms with Crippen LogP contribution in [0.2, 0.25) is 0 Å². The van der Waals surface area contributed by atoms with Crippen LogP contribution in [-0.2, 0) is 26.2 Å². The average molecular weight is 462 g/mol. The van der Waals surface area contributed by atoms with E-state index in [1.54, 1.807) is 31.2 Å². The Labute approximate surface area is 190 Å². The summed E-state index contributed by atoms with van der Waals surface area (Å²) in [5.41, 5.74) is 1.09. The monoisotopic (exact) mass is 461 g/mol.